The second kappa shape index (κ2) is 10.3. The largest absolute Gasteiger partial charge is 0.506 e. The van der Waals surface area contributed by atoms with Crippen LogP contribution in [0, 0.1) is 0 Å². The summed E-state index contributed by atoms with van der Waals surface area (Å²) in [5.74, 6) is -0.917. The first-order chi connectivity index (χ1) is 17.4. The van der Waals surface area contributed by atoms with Crippen molar-refractivity contribution in [2.75, 3.05) is 35.6 Å². The molecule has 37 heavy (non-hydrogen) atoms. The molecule has 0 spiro atoms. The Labute approximate surface area is 220 Å². The third-order valence-electron chi connectivity index (χ3n) is 5.91. The number of phenolic OH excluding ortho intramolecular Hbond substituents is 1. The number of methoxy groups -OCH3 is 1. The molecule has 0 aliphatic carbocycles. The molecule has 3 aromatic rings. The molecule has 2 N–H and O–H groups in total. The lowest BCUT2D eigenvalue weighted by Crippen LogP contribution is -2.37. The average molecular weight is 599 g/mol. The summed E-state index contributed by atoms with van der Waals surface area (Å²) in [6, 6.07) is 12.7. The predicted molar refractivity (Wildman–Crippen MR) is 137 cm³/mol. The minimum Gasteiger partial charge on any atom is -0.506 e. The van der Waals surface area contributed by atoms with Crippen molar-refractivity contribution in [3.05, 3.63) is 75.8 Å². The van der Waals surface area contributed by atoms with Gasteiger partial charge in [0.05, 0.1) is 23.6 Å². The molecule has 1 amide bonds. The van der Waals surface area contributed by atoms with Crippen LogP contribution < -0.4 is 9.62 Å². The summed E-state index contributed by atoms with van der Waals surface area (Å²) in [5.41, 5.74) is 1.97. The molecule has 0 saturated carbocycles. The van der Waals surface area contributed by atoms with E-state index in [0.717, 1.165) is 17.7 Å². The molecule has 196 valence electrons. The van der Waals surface area contributed by atoms with Gasteiger partial charge in [0.2, 0.25) is 10.0 Å². The number of ether oxygens (including phenoxy) is 1. The molecular formula is C25H22BrF3N2O5S. The Balaban J connectivity index is 1.59. The molecule has 12 heteroatoms. The van der Waals surface area contributed by atoms with E-state index >= 15 is 0 Å². The Morgan fingerprint density at radius 2 is 1.81 bits per heavy atom. The molecule has 1 aliphatic rings. The monoisotopic (exact) mass is 598 g/mol. The molecule has 0 unspecified atom stereocenters. The number of aromatic hydroxyl groups is 1. The van der Waals surface area contributed by atoms with Crippen LogP contribution in [0.3, 0.4) is 0 Å². The van der Waals surface area contributed by atoms with Crippen LogP contribution in [-0.4, -0.2) is 45.4 Å². The number of fused-ring (bicyclic) bond motifs is 1. The number of hydrogen-bond donors (Lipinski definition) is 2. The van der Waals surface area contributed by atoms with Gasteiger partial charge in [0, 0.05) is 29.4 Å². The van der Waals surface area contributed by atoms with Crippen molar-refractivity contribution < 1.29 is 36.2 Å². The maximum absolute atomic E-state index is 13.3. The molecule has 1 aliphatic heterocycles. The van der Waals surface area contributed by atoms with Gasteiger partial charge in [-0.25, -0.2) is 8.42 Å². The number of sulfonamides is 1. The Morgan fingerprint density at radius 1 is 1.08 bits per heavy atom. The Kier molecular flexibility index (Phi) is 7.54. The lowest BCUT2D eigenvalue weighted by atomic mass is 9.93. The van der Waals surface area contributed by atoms with E-state index in [9.17, 15) is 31.5 Å². The van der Waals surface area contributed by atoms with Crippen LogP contribution in [0.4, 0.5) is 24.5 Å². The highest BCUT2D eigenvalue weighted by atomic mass is 79.9. The zero-order valence-electron chi connectivity index (χ0n) is 19.5. The number of carbonyl (C=O) groups excluding carboxylic acids is 1. The molecule has 0 saturated heterocycles. The van der Waals surface area contributed by atoms with Crippen LogP contribution in [-0.2, 0) is 27.4 Å². The fourth-order valence-corrected chi connectivity index (χ4v) is 5.61. The lowest BCUT2D eigenvalue weighted by molar-refractivity contribution is -0.137. The second-order valence-corrected chi connectivity index (χ2v) is 11.1. The van der Waals surface area contributed by atoms with Gasteiger partial charge >= 0.3 is 6.18 Å². The van der Waals surface area contributed by atoms with Gasteiger partial charge in [-0.2, -0.15) is 13.2 Å². The van der Waals surface area contributed by atoms with Gasteiger partial charge in [-0.15, -0.1) is 0 Å². The minimum atomic E-state index is -4.45. The Bertz CT molecular complexity index is 1460. The van der Waals surface area contributed by atoms with Crippen LogP contribution in [0.1, 0.15) is 21.5 Å². The summed E-state index contributed by atoms with van der Waals surface area (Å²) in [6.45, 7) is 0.256. The molecule has 0 atom stereocenters. The van der Waals surface area contributed by atoms with Crippen LogP contribution in [0.2, 0.25) is 0 Å². The number of hydrogen-bond acceptors (Lipinski definition) is 5. The van der Waals surface area contributed by atoms with Crippen molar-refractivity contribution in [3.63, 3.8) is 0 Å². The smallest absolute Gasteiger partial charge is 0.416 e. The number of anilines is 2. The van der Waals surface area contributed by atoms with E-state index in [2.05, 4.69) is 20.7 Å². The number of rotatable bonds is 7. The predicted octanol–water partition coefficient (Wildman–Crippen LogP) is 5.43. The number of carbonyl (C=O) groups is 1. The summed E-state index contributed by atoms with van der Waals surface area (Å²) in [7, 11) is -2.41. The van der Waals surface area contributed by atoms with Crippen molar-refractivity contribution in [2.24, 2.45) is 0 Å². The summed E-state index contributed by atoms with van der Waals surface area (Å²) in [6.07, 6.45) is -3.99. The van der Waals surface area contributed by atoms with Gasteiger partial charge in [-0.05, 0) is 59.5 Å². The number of amides is 1. The van der Waals surface area contributed by atoms with Crippen LogP contribution in [0.5, 0.6) is 5.75 Å². The number of benzene rings is 3. The van der Waals surface area contributed by atoms with Gasteiger partial charge in [-0.1, -0.05) is 34.1 Å². The normalized spacial score (nSPS) is 14.0. The van der Waals surface area contributed by atoms with Gasteiger partial charge in [-0.3, -0.25) is 9.52 Å². The highest BCUT2D eigenvalue weighted by molar-refractivity contribution is 9.10. The van der Waals surface area contributed by atoms with Crippen molar-refractivity contribution in [3.8, 4) is 16.9 Å². The average Bonchev–Trinajstić information content (AvgIpc) is 2.83. The number of phenols is 1. The van der Waals surface area contributed by atoms with Crippen LogP contribution in [0.15, 0.2) is 59.1 Å². The fourth-order valence-electron chi connectivity index (χ4n) is 4.01. The molecule has 1 heterocycles. The van der Waals surface area contributed by atoms with Crippen molar-refractivity contribution >= 4 is 43.2 Å². The number of nitrogens with one attached hydrogen (secondary N) is 1. The standard InChI is InChI=1S/C25H22BrF3N2O5S/c1-36-10-11-37(34,35)30-22-14-18(4-7-23(22)32)31-9-8-16-12-15(2-5-20(16)24(31)33)19-6-3-17(13-21(19)26)25(27,28)29/h2-7,12-14,30,32H,8-11H2,1H3. The van der Waals surface area contributed by atoms with Gasteiger partial charge in [0.15, 0.2) is 0 Å². The zero-order chi connectivity index (χ0) is 27.0. The van der Waals surface area contributed by atoms with Crippen LogP contribution in [0.25, 0.3) is 11.1 Å². The minimum absolute atomic E-state index is 0.0256. The molecule has 7 nitrogen and oxygen atoms in total. The van der Waals surface area contributed by atoms with E-state index in [1.807, 2.05) is 0 Å². The molecule has 4 rings (SSSR count). The third kappa shape index (κ3) is 5.91. The highest BCUT2D eigenvalue weighted by Gasteiger charge is 2.31. The van der Waals surface area contributed by atoms with Gasteiger partial charge < -0.3 is 14.7 Å². The highest BCUT2D eigenvalue weighted by Crippen LogP contribution is 2.37. The molecule has 0 fully saturated rings. The van der Waals surface area contributed by atoms with E-state index < -0.39 is 21.8 Å². The van der Waals surface area contributed by atoms with E-state index in [1.165, 1.54) is 36.3 Å². The van der Waals surface area contributed by atoms with Gasteiger partial charge in [0.25, 0.3) is 5.91 Å². The van der Waals surface area contributed by atoms with E-state index in [-0.39, 0.29) is 40.7 Å². The third-order valence-corrected chi connectivity index (χ3v) is 7.80. The maximum atomic E-state index is 13.3. The summed E-state index contributed by atoms with van der Waals surface area (Å²) >= 11 is 3.22. The Morgan fingerprint density at radius 3 is 2.49 bits per heavy atom. The SMILES string of the molecule is COCCS(=O)(=O)Nc1cc(N2CCc3cc(-c4ccc(C(F)(F)F)cc4Br)ccc3C2=O)ccc1O. The fraction of sp³-hybridized carbons (Fsp3) is 0.240. The number of nitrogens with zero attached hydrogens (tertiary/aromatic N) is 1. The summed E-state index contributed by atoms with van der Waals surface area (Å²) in [4.78, 5) is 14.8. The van der Waals surface area contributed by atoms with E-state index in [0.29, 0.717) is 28.8 Å². The molecular weight excluding hydrogens is 577 g/mol. The lowest BCUT2D eigenvalue weighted by Gasteiger charge is -2.29. The number of alkyl halides is 3. The second-order valence-electron chi connectivity index (χ2n) is 8.39. The summed E-state index contributed by atoms with van der Waals surface area (Å²) in [5, 5.41) is 10.1. The van der Waals surface area contributed by atoms with Crippen molar-refractivity contribution in [2.45, 2.75) is 12.6 Å². The topological polar surface area (TPSA) is 95.9 Å². The molecule has 3 aromatic carbocycles. The van der Waals surface area contributed by atoms with Gasteiger partial charge in [0.1, 0.15) is 5.75 Å². The number of halogens is 4. The molecule has 0 radical (unpaired) electrons. The first-order valence-electron chi connectivity index (χ1n) is 11.0. The molecule has 0 aromatic heterocycles. The zero-order valence-corrected chi connectivity index (χ0v) is 21.9. The first-order valence-corrected chi connectivity index (χ1v) is 13.5. The van der Waals surface area contributed by atoms with E-state index in [1.54, 1.807) is 18.2 Å². The van der Waals surface area contributed by atoms with Crippen molar-refractivity contribution in [1.29, 1.82) is 0 Å². The van der Waals surface area contributed by atoms with Crippen LogP contribution >= 0.6 is 15.9 Å². The quantitative estimate of drug-likeness (QED) is 0.353. The molecule has 0 bridgehead atoms. The first kappa shape index (κ1) is 27.0. The summed E-state index contributed by atoms with van der Waals surface area (Å²) < 4.78 is 70.9. The Hall–Kier alpha value is -3.09. The van der Waals surface area contributed by atoms with Crippen molar-refractivity contribution in [1.82, 2.24) is 0 Å². The van der Waals surface area contributed by atoms with E-state index in [4.69, 9.17) is 4.74 Å². The maximum Gasteiger partial charge on any atom is 0.416 e.